The minimum Gasteiger partial charge on any atom is -0.493 e. The fourth-order valence-corrected chi connectivity index (χ4v) is 3.65. The predicted octanol–water partition coefficient (Wildman–Crippen LogP) is 3.37. The number of hydrogen-bond acceptors (Lipinski definition) is 5. The van der Waals surface area contributed by atoms with E-state index in [1.807, 2.05) is 47.0 Å². The number of nitrogens with zero attached hydrogens (tertiary/aromatic N) is 2. The number of ether oxygens (including phenoxy) is 3. The van der Waals surface area contributed by atoms with Crippen molar-refractivity contribution in [2.24, 2.45) is 0 Å². The maximum absolute atomic E-state index is 12.5. The van der Waals surface area contributed by atoms with E-state index < -0.39 is 0 Å². The van der Waals surface area contributed by atoms with Crippen LogP contribution in [0.2, 0.25) is 0 Å². The average Bonchev–Trinajstić information content (AvgIpc) is 3.16. The summed E-state index contributed by atoms with van der Waals surface area (Å²) in [4.78, 5) is 17.1. The van der Waals surface area contributed by atoms with E-state index in [1.54, 1.807) is 27.7 Å². The molecule has 0 saturated heterocycles. The van der Waals surface area contributed by atoms with E-state index in [0.29, 0.717) is 23.1 Å². The Morgan fingerprint density at radius 3 is 2.43 bits per heavy atom. The third kappa shape index (κ3) is 2.85. The standard InChI is InChI=1S/C21H21N3O4/c1-26-16-10-9-14(19(27-2)20(16)28-3)15-11-17(25)23-21-18(15)22-12-24(21)13-7-5-4-6-8-13/h4-10,12,15H,11H2,1-3H3,(H,23,25). The third-order valence-corrected chi connectivity index (χ3v) is 4.92. The molecular formula is C21H21N3O4. The number of anilines is 1. The first-order chi connectivity index (χ1) is 13.7. The van der Waals surface area contributed by atoms with Crippen molar-refractivity contribution < 1.29 is 19.0 Å². The van der Waals surface area contributed by atoms with Crippen molar-refractivity contribution in [1.82, 2.24) is 9.55 Å². The SMILES string of the molecule is COc1ccc(C2CC(=O)Nc3c2ncn3-c2ccccc2)c(OC)c1OC. The molecule has 0 aliphatic carbocycles. The van der Waals surface area contributed by atoms with E-state index in [4.69, 9.17) is 14.2 Å². The molecule has 2 aromatic carbocycles. The van der Waals surface area contributed by atoms with Crippen LogP contribution in [-0.4, -0.2) is 36.8 Å². The van der Waals surface area contributed by atoms with Crippen LogP contribution in [0.25, 0.3) is 5.69 Å². The van der Waals surface area contributed by atoms with Gasteiger partial charge in [-0.1, -0.05) is 24.3 Å². The molecule has 1 amide bonds. The Morgan fingerprint density at radius 2 is 1.75 bits per heavy atom. The van der Waals surface area contributed by atoms with Crippen molar-refractivity contribution in [1.29, 1.82) is 0 Å². The molecule has 7 heteroatoms. The molecule has 0 spiro atoms. The molecule has 0 fully saturated rings. The van der Waals surface area contributed by atoms with Gasteiger partial charge in [0.15, 0.2) is 11.5 Å². The van der Waals surface area contributed by atoms with Crippen LogP contribution in [0.15, 0.2) is 48.8 Å². The minimum atomic E-state index is -0.261. The Labute approximate surface area is 162 Å². The van der Waals surface area contributed by atoms with Crippen molar-refractivity contribution >= 4 is 11.7 Å². The average molecular weight is 379 g/mol. The lowest BCUT2D eigenvalue weighted by Crippen LogP contribution is -2.25. The summed E-state index contributed by atoms with van der Waals surface area (Å²) in [6.45, 7) is 0. The second kappa shape index (κ2) is 7.26. The molecule has 144 valence electrons. The van der Waals surface area contributed by atoms with Crippen molar-refractivity contribution in [3.63, 3.8) is 0 Å². The van der Waals surface area contributed by atoms with Gasteiger partial charge in [0.25, 0.3) is 0 Å². The first-order valence-electron chi connectivity index (χ1n) is 8.89. The number of amides is 1. The molecule has 0 bridgehead atoms. The molecule has 0 radical (unpaired) electrons. The van der Waals surface area contributed by atoms with Gasteiger partial charge in [0.1, 0.15) is 12.1 Å². The Morgan fingerprint density at radius 1 is 1.00 bits per heavy atom. The molecule has 1 atom stereocenters. The highest BCUT2D eigenvalue weighted by Gasteiger charge is 2.34. The molecule has 4 rings (SSSR count). The highest BCUT2D eigenvalue weighted by atomic mass is 16.5. The smallest absolute Gasteiger partial charge is 0.226 e. The van der Waals surface area contributed by atoms with Gasteiger partial charge in [0.05, 0.1) is 27.0 Å². The summed E-state index contributed by atoms with van der Waals surface area (Å²) in [6.07, 6.45) is 2.00. The van der Waals surface area contributed by atoms with Crippen LogP contribution >= 0.6 is 0 Å². The zero-order valence-corrected chi connectivity index (χ0v) is 15.9. The van der Waals surface area contributed by atoms with Crippen molar-refractivity contribution in [2.45, 2.75) is 12.3 Å². The van der Waals surface area contributed by atoms with Crippen LogP contribution in [0.1, 0.15) is 23.6 Å². The highest BCUT2D eigenvalue weighted by molar-refractivity contribution is 5.94. The van der Waals surface area contributed by atoms with Gasteiger partial charge >= 0.3 is 0 Å². The molecule has 1 aliphatic rings. The van der Waals surface area contributed by atoms with Crippen molar-refractivity contribution in [3.8, 4) is 22.9 Å². The van der Waals surface area contributed by atoms with Gasteiger partial charge < -0.3 is 19.5 Å². The molecule has 3 aromatic rings. The highest BCUT2D eigenvalue weighted by Crippen LogP contribution is 2.47. The van der Waals surface area contributed by atoms with Gasteiger partial charge in [-0.15, -0.1) is 0 Å². The largest absolute Gasteiger partial charge is 0.493 e. The summed E-state index contributed by atoms with van der Waals surface area (Å²) in [7, 11) is 4.71. The first kappa shape index (κ1) is 17.9. The quantitative estimate of drug-likeness (QED) is 0.736. The Balaban J connectivity index is 1.86. The lowest BCUT2D eigenvalue weighted by Gasteiger charge is -2.25. The number of imidazole rings is 1. The zero-order valence-electron chi connectivity index (χ0n) is 15.9. The van der Waals surface area contributed by atoms with Gasteiger partial charge in [0, 0.05) is 23.6 Å². The monoisotopic (exact) mass is 379 g/mol. The van der Waals surface area contributed by atoms with Crippen LogP contribution in [0.4, 0.5) is 5.82 Å². The second-order valence-electron chi connectivity index (χ2n) is 6.41. The summed E-state index contributed by atoms with van der Waals surface area (Å²) in [5.74, 6) is 1.94. The molecule has 7 nitrogen and oxygen atoms in total. The Hall–Kier alpha value is -3.48. The number of carbonyl (C=O) groups excluding carboxylic acids is 1. The second-order valence-corrected chi connectivity index (χ2v) is 6.41. The fraction of sp³-hybridized carbons (Fsp3) is 0.238. The van der Waals surface area contributed by atoms with Crippen LogP contribution in [0.3, 0.4) is 0 Å². The maximum atomic E-state index is 12.5. The number of fused-ring (bicyclic) bond motifs is 1. The van der Waals surface area contributed by atoms with Crippen LogP contribution in [-0.2, 0) is 4.79 Å². The van der Waals surface area contributed by atoms with Crippen LogP contribution < -0.4 is 19.5 Å². The summed E-state index contributed by atoms with van der Waals surface area (Å²) in [5, 5.41) is 2.96. The van der Waals surface area contributed by atoms with Gasteiger partial charge in [-0.25, -0.2) is 4.98 Å². The van der Waals surface area contributed by atoms with E-state index in [-0.39, 0.29) is 18.2 Å². The van der Waals surface area contributed by atoms with E-state index >= 15 is 0 Å². The normalized spacial score (nSPS) is 15.5. The topological polar surface area (TPSA) is 74.6 Å². The van der Waals surface area contributed by atoms with Crippen molar-refractivity contribution in [2.75, 3.05) is 26.6 Å². The molecule has 1 aliphatic heterocycles. The molecule has 1 unspecified atom stereocenters. The van der Waals surface area contributed by atoms with Crippen LogP contribution in [0, 0.1) is 0 Å². The van der Waals surface area contributed by atoms with Crippen LogP contribution in [0.5, 0.6) is 17.2 Å². The molecular weight excluding hydrogens is 358 g/mol. The number of nitrogens with one attached hydrogen (secondary N) is 1. The number of para-hydroxylation sites is 1. The Kier molecular flexibility index (Phi) is 4.65. The number of methoxy groups -OCH3 is 3. The number of aromatic nitrogens is 2. The van der Waals surface area contributed by atoms with E-state index in [2.05, 4.69) is 10.3 Å². The molecule has 28 heavy (non-hydrogen) atoms. The molecule has 0 saturated carbocycles. The number of carbonyl (C=O) groups is 1. The van der Waals surface area contributed by atoms with Gasteiger partial charge in [-0.2, -0.15) is 0 Å². The minimum absolute atomic E-state index is 0.0768. The summed E-state index contributed by atoms with van der Waals surface area (Å²) >= 11 is 0. The summed E-state index contributed by atoms with van der Waals surface area (Å²) in [6, 6.07) is 13.5. The number of hydrogen-bond donors (Lipinski definition) is 1. The van der Waals surface area contributed by atoms with Gasteiger partial charge in [0.2, 0.25) is 11.7 Å². The fourth-order valence-electron chi connectivity index (χ4n) is 3.65. The third-order valence-electron chi connectivity index (χ3n) is 4.92. The summed E-state index contributed by atoms with van der Waals surface area (Å²) < 4.78 is 18.4. The molecule has 1 N–H and O–H groups in total. The maximum Gasteiger partial charge on any atom is 0.226 e. The predicted molar refractivity (Wildman–Crippen MR) is 105 cm³/mol. The Bertz CT molecular complexity index is 1010. The van der Waals surface area contributed by atoms with Crippen molar-refractivity contribution in [3.05, 3.63) is 60.0 Å². The van der Waals surface area contributed by atoms with E-state index in [0.717, 1.165) is 16.9 Å². The zero-order chi connectivity index (χ0) is 19.7. The van der Waals surface area contributed by atoms with Gasteiger partial charge in [-0.3, -0.25) is 9.36 Å². The van der Waals surface area contributed by atoms with E-state index in [9.17, 15) is 4.79 Å². The lowest BCUT2D eigenvalue weighted by atomic mass is 9.88. The number of benzene rings is 2. The number of rotatable bonds is 5. The summed E-state index contributed by atoms with van der Waals surface area (Å²) in [5.41, 5.74) is 2.54. The molecule has 2 heterocycles. The molecule has 1 aromatic heterocycles. The van der Waals surface area contributed by atoms with Gasteiger partial charge in [-0.05, 0) is 18.2 Å². The van der Waals surface area contributed by atoms with E-state index in [1.165, 1.54) is 0 Å². The first-order valence-corrected chi connectivity index (χ1v) is 8.89. The lowest BCUT2D eigenvalue weighted by molar-refractivity contribution is -0.116.